The number of hydrogen-bond donors (Lipinski definition) is 1. The highest BCUT2D eigenvalue weighted by Crippen LogP contribution is 2.46. The van der Waals surface area contributed by atoms with Gasteiger partial charge in [0.25, 0.3) is 0 Å². The molecule has 2 unspecified atom stereocenters. The van der Waals surface area contributed by atoms with Crippen LogP contribution in [0.25, 0.3) is 0 Å². The zero-order valence-corrected chi connectivity index (χ0v) is 14.9. The number of rotatable bonds is 9. The van der Waals surface area contributed by atoms with Gasteiger partial charge in [-0.05, 0) is 60.8 Å². The SMILES string of the molecule is COc1ccc(CCCCC(=O)NCC2CC2c2ccccc2)cc1. The molecule has 1 aliphatic rings. The minimum Gasteiger partial charge on any atom is -0.497 e. The standard InChI is InChI=1S/C22H27NO2/c1-25-20-13-11-17(12-14-20)7-5-6-10-22(24)23-16-19-15-21(19)18-8-3-2-4-9-18/h2-4,8-9,11-14,19,21H,5-7,10,15-16H2,1H3,(H,23,24). The van der Waals surface area contributed by atoms with Crippen LogP contribution in [0.3, 0.4) is 0 Å². The second-order valence-electron chi connectivity index (χ2n) is 6.87. The molecule has 3 nitrogen and oxygen atoms in total. The number of aryl methyl sites for hydroxylation is 1. The van der Waals surface area contributed by atoms with Crippen LogP contribution in [0.2, 0.25) is 0 Å². The van der Waals surface area contributed by atoms with E-state index in [9.17, 15) is 4.79 Å². The lowest BCUT2D eigenvalue weighted by Gasteiger charge is -2.06. The Kier molecular flexibility index (Phi) is 6.10. The van der Waals surface area contributed by atoms with Crippen molar-refractivity contribution < 1.29 is 9.53 Å². The lowest BCUT2D eigenvalue weighted by Crippen LogP contribution is -2.25. The van der Waals surface area contributed by atoms with Crippen molar-refractivity contribution in [1.29, 1.82) is 0 Å². The number of hydrogen-bond acceptors (Lipinski definition) is 2. The van der Waals surface area contributed by atoms with Crippen LogP contribution in [-0.2, 0) is 11.2 Å². The van der Waals surface area contributed by atoms with Crippen molar-refractivity contribution in [2.45, 2.75) is 38.0 Å². The van der Waals surface area contributed by atoms with Gasteiger partial charge < -0.3 is 10.1 Å². The monoisotopic (exact) mass is 337 g/mol. The molecule has 1 fully saturated rings. The number of benzene rings is 2. The molecular formula is C22H27NO2. The molecule has 1 amide bonds. The van der Waals surface area contributed by atoms with E-state index in [2.05, 4.69) is 47.8 Å². The van der Waals surface area contributed by atoms with E-state index in [1.165, 1.54) is 17.5 Å². The molecule has 0 saturated heterocycles. The zero-order valence-electron chi connectivity index (χ0n) is 14.9. The number of carbonyl (C=O) groups excluding carboxylic acids is 1. The van der Waals surface area contributed by atoms with E-state index in [0.717, 1.165) is 31.6 Å². The molecule has 0 spiro atoms. The first-order valence-corrected chi connectivity index (χ1v) is 9.21. The first-order valence-electron chi connectivity index (χ1n) is 9.21. The Bertz CT molecular complexity index is 666. The van der Waals surface area contributed by atoms with Gasteiger partial charge in [-0.1, -0.05) is 42.5 Å². The Morgan fingerprint density at radius 2 is 1.84 bits per heavy atom. The van der Waals surface area contributed by atoms with Crippen molar-refractivity contribution in [3.8, 4) is 5.75 Å². The minimum atomic E-state index is 0.188. The topological polar surface area (TPSA) is 38.3 Å². The van der Waals surface area contributed by atoms with Gasteiger partial charge >= 0.3 is 0 Å². The molecule has 2 aromatic carbocycles. The summed E-state index contributed by atoms with van der Waals surface area (Å²) in [5.41, 5.74) is 2.70. The fraction of sp³-hybridized carbons (Fsp3) is 0.409. The van der Waals surface area contributed by atoms with Gasteiger partial charge in [-0.15, -0.1) is 0 Å². The second-order valence-corrected chi connectivity index (χ2v) is 6.87. The molecular weight excluding hydrogens is 310 g/mol. The molecule has 1 aliphatic carbocycles. The van der Waals surface area contributed by atoms with Gasteiger partial charge in [0.2, 0.25) is 5.91 Å². The van der Waals surface area contributed by atoms with Crippen molar-refractivity contribution in [2.24, 2.45) is 5.92 Å². The van der Waals surface area contributed by atoms with Gasteiger partial charge in [0.1, 0.15) is 5.75 Å². The Morgan fingerprint density at radius 3 is 2.56 bits per heavy atom. The van der Waals surface area contributed by atoms with E-state index in [0.29, 0.717) is 18.3 Å². The molecule has 1 saturated carbocycles. The zero-order chi connectivity index (χ0) is 17.5. The third-order valence-corrected chi connectivity index (χ3v) is 4.99. The van der Waals surface area contributed by atoms with Crippen LogP contribution >= 0.6 is 0 Å². The fourth-order valence-corrected chi connectivity index (χ4v) is 3.32. The van der Waals surface area contributed by atoms with Gasteiger partial charge in [0.15, 0.2) is 0 Å². The molecule has 0 heterocycles. The predicted molar refractivity (Wildman–Crippen MR) is 101 cm³/mol. The van der Waals surface area contributed by atoms with Gasteiger partial charge in [-0.2, -0.15) is 0 Å². The van der Waals surface area contributed by atoms with Crippen LogP contribution in [0.4, 0.5) is 0 Å². The molecule has 3 heteroatoms. The Labute approximate surface area is 150 Å². The predicted octanol–water partition coefficient (Wildman–Crippen LogP) is 4.33. The van der Waals surface area contributed by atoms with Crippen molar-refractivity contribution >= 4 is 5.91 Å². The fourth-order valence-electron chi connectivity index (χ4n) is 3.32. The van der Waals surface area contributed by atoms with E-state index in [1.54, 1.807) is 7.11 Å². The van der Waals surface area contributed by atoms with Gasteiger partial charge in [0.05, 0.1) is 7.11 Å². The van der Waals surface area contributed by atoms with Gasteiger partial charge in [0, 0.05) is 13.0 Å². The van der Waals surface area contributed by atoms with Crippen LogP contribution in [0, 0.1) is 5.92 Å². The highest BCUT2D eigenvalue weighted by Gasteiger charge is 2.37. The number of methoxy groups -OCH3 is 1. The average molecular weight is 337 g/mol. The number of carbonyl (C=O) groups is 1. The molecule has 0 aromatic heterocycles. The molecule has 132 valence electrons. The molecule has 0 aliphatic heterocycles. The van der Waals surface area contributed by atoms with Crippen LogP contribution < -0.4 is 10.1 Å². The number of ether oxygens (including phenoxy) is 1. The van der Waals surface area contributed by atoms with Crippen molar-refractivity contribution in [2.75, 3.05) is 13.7 Å². The molecule has 1 N–H and O–H groups in total. The molecule has 2 aromatic rings. The highest BCUT2D eigenvalue weighted by atomic mass is 16.5. The summed E-state index contributed by atoms with van der Waals surface area (Å²) in [5, 5.41) is 3.10. The normalized spacial score (nSPS) is 18.6. The lowest BCUT2D eigenvalue weighted by molar-refractivity contribution is -0.121. The summed E-state index contributed by atoms with van der Waals surface area (Å²) in [7, 11) is 1.68. The second kappa shape index (κ2) is 8.70. The maximum atomic E-state index is 12.0. The first-order chi connectivity index (χ1) is 12.3. The molecule has 0 radical (unpaired) electrons. The lowest BCUT2D eigenvalue weighted by atomic mass is 10.1. The molecule has 3 rings (SSSR count). The Hall–Kier alpha value is -2.29. The van der Waals surface area contributed by atoms with Crippen molar-refractivity contribution in [1.82, 2.24) is 5.32 Å². The quantitative estimate of drug-likeness (QED) is 0.692. The summed E-state index contributed by atoms with van der Waals surface area (Å²) < 4.78 is 5.16. The van der Waals surface area contributed by atoms with Crippen LogP contribution in [-0.4, -0.2) is 19.6 Å². The summed E-state index contributed by atoms with van der Waals surface area (Å²) in [6, 6.07) is 18.8. The van der Waals surface area contributed by atoms with Crippen molar-refractivity contribution in [3.63, 3.8) is 0 Å². The summed E-state index contributed by atoms with van der Waals surface area (Å²) in [6.45, 7) is 0.816. The average Bonchev–Trinajstić information content (AvgIpc) is 3.44. The largest absolute Gasteiger partial charge is 0.497 e. The summed E-state index contributed by atoms with van der Waals surface area (Å²) in [4.78, 5) is 12.0. The van der Waals surface area contributed by atoms with Crippen molar-refractivity contribution in [3.05, 3.63) is 65.7 Å². The van der Waals surface area contributed by atoms with E-state index in [4.69, 9.17) is 4.74 Å². The first kappa shape index (κ1) is 17.5. The Balaban J connectivity index is 1.27. The summed E-state index contributed by atoms with van der Waals surface area (Å²) in [5.74, 6) is 2.33. The number of amides is 1. The van der Waals surface area contributed by atoms with Crippen LogP contribution in [0.15, 0.2) is 54.6 Å². The Morgan fingerprint density at radius 1 is 1.08 bits per heavy atom. The van der Waals surface area contributed by atoms with E-state index < -0.39 is 0 Å². The third-order valence-electron chi connectivity index (χ3n) is 4.99. The summed E-state index contributed by atoms with van der Waals surface area (Å²) >= 11 is 0. The number of unbranched alkanes of at least 4 members (excludes halogenated alkanes) is 1. The highest BCUT2D eigenvalue weighted by molar-refractivity contribution is 5.75. The van der Waals surface area contributed by atoms with Crippen LogP contribution in [0.5, 0.6) is 5.75 Å². The molecule has 2 atom stereocenters. The molecule has 25 heavy (non-hydrogen) atoms. The van der Waals surface area contributed by atoms with Crippen LogP contribution in [0.1, 0.15) is 42.7 Å². The number of nitrogens with one attached hydrogen (secondary N) is 1. The smallest absolute Gasteiger partial charge is 0.220 e. The van der Waals surface area contributed by atoms with E-state index in [-0.39, 0.29) is 5.91 Å². The summed E-state index contributed by atoms with van der Waals surface area (Å²) in [6.07, 6.45) is 4.80. The maximum absolute atomic E-state index is 12.0. The maximum Gasteiger partial charge on any atom is 0.220 e. The molecule has 0 bridgehead atoms. The minimum absolute atomic E-state index is 0.188. The third kappa shape index (κ3) is 5.35. The van der Waals surface area contributed by atoms with Gasteiger partial charge in [-0.25, -0.2) is 0 Å². The van der Waals surface area contributed by atoms with E-state index in [1.807, 2.05) is 12.1 Å². The van der Waals surface area contributed by atoms with E-state index >= 15 is 0 Å². The van der Waals surface area contributed by atoms with Gasteiger partial charge in [-0.3, -0.25) is 4.79 Å².